The Hall–Kier alpha value is -3.32. The third-order valence-corrected chi connectivity index (χ3v) is 8.94. The maximum Gasteiger partial charge on any atom is 0.0387 e. The largest absolute Gasteiger partial charge is 0.356 e. The van der Waals surface area contributed by atoms with Crippen molar-refractivity contribution in [2.24, 2.45) is 0 Å². The molecule has 4 aromatic carbocycles. The summed E-state index contributed by atoms with van der Waals surface area (Å²) < 4.78 is 0. The lowest BCUT2D eigenvalue weighted by molar-refractivity contribution is 0.332. The zero-order valence-corrected chi connectivity index (χ0v) is 22.5. The van der Waals surface area contributed by atoms with Gasteiger partial charge in [0.2, 0.25) is 0 Å². The van der Waals surface area contributed by atoms with Crippen LogP contribution in [0.1, 0.15) is 76.6 Å². The smallest absolute Gasteiger partial charge is 0.0387 e. The molecule has 0 saturated carbocycles. The Bertz CT molecular complexity index is 1470. The minimum Gasteiger partial charge on any atom is -0.356 e. The van der Waals surface area contributed by atoms with E-state index in [2.05, 4.69) is 132 Å². The first-order valence-electron chi connectivity index (χ1n) is 13.3. The van der Waals surface area contributed by atoms with Crippen LogP contribution >= 0.6 is 0 Å². The molecule has 0 fully saturated rings. The molecule has 0 heterocycles. The molecule has 0 unspecified atom stereocenters. The second-order valence-electron chi connectivity index (χ2n) is 12.7. The highest BCUT2D eigenvalue weighted by atomic mass is 14.9. The van der Waals surface area contributed by atoms with Crippen molar-refractivity contribution in [3.8, 4) is 22.3 Å². The fourth-order valence-corrected chi connectivity index (χ4v) is 6.46. The van der Waals surface area contributed by atoms with Crippen LogP contribution in [0.3, 0.4) is 0 Å². The molecule has 6 rings (SSSR count). The monoisotopic (exact) mass is 471 g/mol. The van der Waals surface area contributed by atoms with E-state index in [0.29, 0.717) is 0 Å². The van der Waals surface area contributed by atoms with Gasteiger partial charge in [0.25, 0.3) is 0 Å². The van der Waals surface area contributed by atoms with Crippen LogP contribution < -0.4 is 5.32 Å². The van der Waals surface area contributed by atoms with Crippen molar-refractivity contribution in [3.63, 3.8) is 0 Å². The molecule has 0 bridgehead atoms. The number of fused-ring (bicyclic) bond motifs is 4. The zero-order valence-electron chi connectivity index (χ0n) is 22.5. The van der Waals surface area contributed by atoms with Crippen molar-refractivity contribution in [3.05, 3.63) is 107 Å². The summed E-state index contributed by atoms with van der Waals surface area (Å²) in [5, 5.41) is 3.65. The Kier molecular flexibility index (Phi) is 5.03. The van der Waals surface area contributed by atoms with E-state index in [4.69, 9.17) is 0 Å². The highest BCUT2D eigenvalue weighted by Gasteiger charge is 2.37. The van der Waals surface area contributed by atoms with Crippen LogP contribution in [0.2, 0.25) is 0 Å². The number of anilines is 2. The van der Waals surface area contributed by atoms with E-state index in [-0.39, 0.29) is 16.2 Å². The highest BCUT2D eigenvalue weighted by molar-refractivity contribution is 5.83. The van der Waals surface area contributed by atoms with Gasteiger partial charge in [0.05, 0.1) is 0 Å². The number of nitrogens with one attached hydrogen (secondary N) is 1. The van der Waals surface area contributed by atoms with Crippen LogP contribution in [0.5, 0.6) is 0 Å². The van der Waals surface area contributed by atoms with Crippen LogP contribution in [-0.2, 0) is 16.2 Å². The van der Waals surface area contributed by atoms with Gasteiger partial charge in [-0.2, -0.15) is 0 Å². The van der Waals surface area contributed by atoms with Crippen LogP contribution in [0.15, 0.2) is 84.9 Å². The molecule has 0 aromatic heterocycles. The van der Waals surface area contributed by atoms with Crippen LogP contribution in [0, 0.1) is 0 Å². The SMILES string of the molecule is CC1(C)CCC(C)(C)c2cc(-c3ccc(Nc4ccc5c(c4)C(C)(C)c4ccccc4-5)cc3)ccc21. The molecular weight excluding hydrogens is 434 g/mol. The first kappa shape index (κ1) is 23.1. The minimum absolute atomic E-state index is 0.0161. The summed E-state index contributed by atoms with van der Waals surface area (Å²) >= 11 is 0. The normalized spacial score (nSPS) is 18.2. The van der Waals surface area contributed by atoms with Gasteiger partial charge in [-0.1, -0.05) is 102 Å². The molecule has 0 atom stereocenters. The van der Waals surface area contributed by atoms with E-state index >= 15 is 0 Å². The lowest BCUT2D eigenvalue weighted by atomic mass is 9.63. The fraction of sp³-hybridized carbons (Fsp3) is 0.314. The molecule has 182 valence electrons. The molecule has 1 N–H and O–H groups in total. The average Bonchev–Trinajstić information content (AvgIpc) is 3.09. The van der Waals surface area contributed by atoms with E-state index in [1.807, 2.05) is 0 Å². The Morgan fingerprint density at radius 3 is 1.86 bits per heavy atom. The molecule has 1 nitrogen and oxygen atoms in total. The predicted octanol–water partition coefficient (Wildman–Crippen LogP) is 9.75. The van der Waals surface area contributed by atoms with Gasteiger partial charge in [-0.05, 0) is 92.4 Å². The van der Waals surface area contributed by atoms with E-state index in [1.165, 1.54) is 57.3 Å². The lowest BCUT2D eigenvalue weighted by Gasteiger charge is -2.42. The third kappa shape index (κ3) is 3.60. The summed E-state index contributed by atoms with van der Waals surface area (Å²) in [6, 6.07) is 31.7. The summed E-state index contributed by atoms with van der Waals surface area (Å²) in [4.78, 5) is 0. The maximum absolute atomic E-state index is 3.65. The second-order valence-corrected chi connectivity index (χ2v) is 12.7. The van der Waals surface area contributed by atoms with E-state index < -0.39 is 0 Å². The van der Waals surface area contributed by atoms with Crippen LogP contribution in [-0.4, -0.2) is 0 Å². The topological polar surface area (TPSA) is 12.0 Å². The Morgan fingerprint density at radius 1 is 0.500 bits per heavy atom. The quantitative estimate of drug-likeness (QED) is 0.313. The van der Waals surface area contributed by atoms with Gasteiger partial charge in [-0.3, -0.25) is 0 Å². The molecule has 0 saturated heterocycles. The van der Waals surface area contributed by atoms with Gasteiger partial charge < -0.3 is 5.32 Å². The number of rotatable bonds is 3. The lowest BCUT2D eigenvalue weighted by Crippen LogP contribution is -2.33. The Balaban J connectivity index is 1.27. The Labute approximate surface area is 216 Å². The van der Waals surface area contributed by atoms with Crippen LogP contribution in [0.25, 0.3) is 22.3 Å². The van der Waals surface area contributed by atoms with Gasteiger partial charge >= 0.3 is 0 Å². The van der Waals surface area contributed by atoms with E-state index in [0.717, 1.165) is 11.4 Å². The second kappa shape index (κ2) is 7.84. The van der Waals surface area contributed by atoms with Crippen molar-refractivity contribution in [2.45, 2.75) is 70.6 Å². The molecule has 2 aliphatic carbocycles. The van der Waals surface area contributed by atoms with Crippen LogP contribution in [0.4, 0.5) is 11.4 Å². The van der Waals surface area contributed by atoms with Crippen molar-refractivity contribution >= 4 is 11.4 Å². The van der Waals surface area contributed by atoms with Crippen molar-refractivity contribution in [2.75, 3.05) is 5.32 Å². The molecular formula is C35H37N. The van der Waals surface area contributed by atoms with Gasteiger partial charge in [0.1, 0.15) is 0 Å². The zero-order chi connectivity index (χ0) is 25.3. The van der Waals surface area contributed by atoms with Gasteiger partial charge in [-0.25, -0.2) is 0 Å². The van der Waals surface area contributed by atoms with E-state index in [1.54, 1.807) is 0 Å². The first-order chi connectivity index (χ1) is 17.1. The average molecular weight is 472 g/mol. The summed E-state index contributed by atoms with van der Waals surface area (Å²) in [6.45, 7) is 14.2. The standard InChI is InChI=1S/C35H37N/c1-33(2)19-20-34(3,4)32-21-24(13-18-30(32)33)23-11-14-25(15-12-23)36-26-16-17-28-27-9-7-8-10-29(27)35(5,6)31(28)22-26/h7-18,21-22,36H,19-20H2,1-6H3. The highest BCUT2D eigenvalue weighted by Crippen LogP contribution is 2.49. The predicted molar refractivity (Wildman–Crippen MR) is 154 cm³/mol. The molecule has 1 heteroatoms. The van der Waals surface area contributed by atoms with Crippen molar-refractivity contribution in [1.29, 1.82) is 0 Å². The molecule has 0 aliphatic heterocycles. The third-order valence-electron chi connectivity index (χ3n) is 8.94. The summed E-state index contributed by atoms with van der Waals surface area (Å²) in [7, 11) is 0. The molecule has 2 aliphatic rings. The maximum atomic E-state index is 3.65. The van der Waals surface area contributed by atoms with Gasteiger partial charge in [-0.15, -0.1) is 0 Å². The number of hydrogen-bond donors (Lipinski definition) is 1. The van der Waals surface area contributed by atoms with Crippen molar-refractivity contribution < 1.29 is 0 Å². The minimum atomic E-state index is 0.0161. The number of benzene rings is 4. The molecule has 36 heavy (non-hydrogen) atoms. The van der Waals surface area contributed by atoms with E-state index in [9.17, 15) is 0 Å². The molecule has 4 aromatic rings. The fourth-order valence-electron chi connectivity index (χ4n) is 6.46. The van der Waals surface area contributed by atoms with Crippen molar-refractivity contribution in [1.82, 2.24) is 0 Å². The first-order valence-corrected chi connectivity index (χ1v) is 13.3. The molecule has 0 spiro atoms. The summed E-state index contributed by atoms with van der Waals surface area (Å²) in [5.41, 5.74) is 13.9. The Morgan fingerprint density at radius 2 is 1.11 bits per heavy atom. The molecule has 0 amide bonds. The number of hydrogen-bond acceptors (Lipinski definition) is 1. The molecule has 0 radical (unpaired) electrons. The van der Waals surface area contributed by atoms with Gasteiger partial charge in [0, 0.05) is 16.8 Å². The van der Waals surface area contributed by atoms with Gasteiger partial charge in [0.15, 0.2) is 0 Å². The summed E-state index contributed by atoms with van der Waals surface area (Å²) in [5.74, 6) is 0. The summed E-state index contributed by atoms with van der Waals surface area (Å²) in [6.07, 6.45) is 2.49.